The average Bonchev–Trinajstić information content (AvgIpc) is 2.45. The number of thioether (sulfide) groups is 1. The van der Waals surface area contributed by atoms with E-state index in [1.165, 1.54) is 18.2 Å². The number of carbonyl (C=O) groups is 2. The molecule has 0 amide bonds. The first-order chi connectivity index (χ1) is 9.99. The third-order valence-corrected chi connectivity index (χ3v) is 4.28. The van der Waals surface area contributed by atoms with Crippen molar-refractivity contribution in [2.24, 2.45) is 0 Å². The van der Waals surface area contributed by atoms with Crippen molar-refractivity contribution < 1.29 is 19.8 Å². The van der Waals surface area contributed by atoms with Crippen molar-refractivity contribution in [1.82, 2.24) is 0 Å². The lowest BCUT2D eigenvalue weighted by molar-refractivity contribution is -0.136. The van der Waals surface area contributed by atoms with Gasteiger partial charge in [0.15, 0.2) is 0 Å². The number of hydrogen-bond donors (Lipinski definition) is 2. The molecule has 0 saturated heterocycles. The maximum atomic E-state index is 11.5. The summed E-state index contributed by atoms with van der Waals surface area (Å²) in [5.74, 6) is -2.16. The highest BCUT2D eigenvalue weighted by Gasteiger charge is 2.23. The summed E-state index contributed by atoms with van der Waals surface area (Å²) in [6, 6.07) is 12.9. The summed E-state index contributed by atoms with van der Waals surface area (Å²) in [6.07, 6.45) is 0. The molecule has 2 rings (SSSR count). The molecular weight excluding hydrogens is 312 g/mol. The van der Waals surface area contributed by atoms with E-state index in [4.69, 9.17) is 11.6 Å². The van der Waals surface area contributed by atoms with Gasteiger partial charge in [0.05, 0.1) is 5.56 Å². The van der Waals surface area contributed by atoms with Crippen LogP contribution in [0.2, 0.25) is 5.02 Å². The van der Waals surface area contributed by atoms with E-state index in [0.29, 0.717) is 15.5 Å². The van der Waals surface area contributed by atoms with Crippen molar-refractivity contribution >= 4 is 35.3 Å². The first-order valence-electron chi connectivity index (χ1n) is 5.96. The molecule has 0 saturated carbocycles. The summed E-state index contributed by atoms with van der Waals surface area (Å²) >= 11 is 6.83. The number of aliphatic carboxylic acids is 1. The number of carboxylic acid groups (broad SMARTS) is 2. The second kappa shape index (κ2) is 6.65. The molecule has 1 unspecified atom stereocenters. The van der Waals surface area contributed by atoms with Crippen molar-refractivity contribution in [3.63, 3.8) is 0 Å². The Balaban J connectivity index is 2.40. The van der Waals surface area contributed by atoms with E-state index in [2.05, 4.69) is 0 Å². The molecule has 0 radical (unpaired) electrons. The Morgan fingerprint density at radius 2 is 1.71 bits per heavy atom. The predicted molar refractivity (Wildman–Crippen MR) is 81.1 cm³/mol. The molecule has 2 N–H and O–H groups in total. The lowest BCUT2D eigenvalue weighted by atomic mass is 10.1. The molecule has 6 heteroatoms. The molecule has 1 atom stereocenters. The third-order valence-electron chi connectivity index (χ3n) is 2.75. The standard InChI is InChI=1S/C15H11ClO4S/c16-10-6-7-11(14(17)18)12(8-10)21-13(15(19)20)9-4-2-1-3-5-9/h1-8,13H,(H,17,18)(H,19,20). The number of halogens is 1. The van der Waals surface area contributed by atoms with Crippen LogP contribution in [0.1, 0.15) is 21.2 Å². The summed E-state index contributed by atoms with van der Waals surface area (Å²) in [5, 5.41) is 18.0. The number of carboxylic acids is 2. The van der Waals surface area contributed by atoms with E-state index in [0.717, 1.165) is 11.8 Å². The Labute approximate surface area is 130 Å². The van der Waals surface area contributed by atoms with Crippen LogP contribution in [0.4, 0.5) is 0 Å². The first kappa shape index (κ1) is 15.4. The summed E-state index contributed by atoms with van der Waals surface area (Å²) in [7, 11) is 0. The highest BCUT2D eigenvalue weighted by atomic mass is 35.5. The molecule has 2 aromatic rings. The fourth-order valence-electron chi connectivity index (χ4n) is 1.79. The molecule has 0 fully saturated rings. The highest BCUT2D eigenvalue weighted by Crippen LogP contribution is 2.38. The predicted octanol–water partition coefficient (Wildman–Crippen LogP) is 3.96. The Morgan fingerprint density at radius 1 is 1.05 bits per heavy atom. The number of hydrogen-bond acceptors (Lipinski definition) is 3. The Hall–Kier alpha value is -1.98. The molecule has 0 aliphatic heterocycles. The normalized spacial score (nSPS) is 11.9. The lowest BCUT2D eigenvalue weighted by Gasteiger charge is -2.14. The minimum Gasteiger partial charge on any atom is -0.480 e. The second-order valence-corrected chi connectivity index (χ2v) is 5.78. The second-order valence-electron chi connectivity index (χ2n) is 4.19. The van der Waals surface area contributed by atoms with E-state index in [-0.39, 0.29) is 5.56 Å². The van der Waals surface area contributed by atoms with E-state index in [1.54, 1.807) is 30.3 Å². The SMILES string of the molecule is O=C(O)c1ccc(Cl)cc1SC(C(=O)O)c1ccccc1. The van der Waals surface area contributed by atoms with Crippen molar-refractivity contribution in [3.05, 3.63) is 64.7 Å². The molecule has 0 aliphatic carbocycles. The van der Waals surface area contributed by atoms with Crippen molar-refractivity contribution in [2.45, 2.75) is 10.1 Å². The zero-order valence-electron chi connectivity index (χ0n) is 10.7. The van der Waals surface area contributed by atoms with Gasteiger partial charge in [-0.25, -0.2) is 4.79 Å². The van der Waals surface area contributed by atoms with Gasteiger partial charge < -0.3 is 10.2 Å². The van der Waals surface area contributed by atoms with E-state index in [1.807, 2.05) is 0 Å². The molecule has 0 aliphatic rings. The van der Waals surface area contributed by atoms with Crippen LogP contribution < -0.4 is 0 Å². The van der Waals surface area contributed by atoms with Crippen molar-refractivity contribution in [2.75, 3.05) is 0 Å². The van der Waals surface area contributed by atoms with Crippen LogP contribution >= 0.6 is 23.4 Å². The molecule has 2 aromatic carbocycles. The summed E-state index contributed by atoms with van der Waals surface area (Å²) in [4.78, 5) is 23.0. The monoisotopic (exact) mass is 322 g/mol. The number of benzene rings is 2. The van der Waals surface area contributed by atoms with Gasteiger partial charge in [0, 0.05) is 9.92 Å². The summed E-state index contributed by atoms with van der Waals surface area (Å²) < 4.78 is 0. The summed E-state index contributed by atoms with van der Waals surface area (Å²) in [5.41, 5.74) is 0.623. The molecule has 0 aromatic heterocycles. The van der Waals surface area contributed by atoms with Crippen molar-refractivity contribution in [3.8, 4) is 0 Å². The van der Waals surface area contributed by atoms with Crippen LogP contribution in [-0.2, 0) is 4.79 Å². The van der Waals surface area contributed by atoms with Crippen LogP contribution in [0.5, 0.6) is 0 Å². The Kier molecular flexibility index (Phi) is 4.88. The van der Waals surface area contributed by atoms with Gasteiger partial charge in [-0.15, -0.1) is 11.8 Å². The maximum absolute atomic E-state index is 11.5. The van der Waals surface area contributed by atoms with Crippen LogP contribution in [0.15, 0.2) is 53.4 Å². The van der Waals surface area contributed by atoms with Gasteiger partial charge in [-0.1, -0.05) is 41.9 Å². The van der Waals surface area contributed by atoms with Gasteiger partial charge in [-0.2, -0.15) is 0 Å². The fourth-order valence-corrected chi connectivity index (χ4v) is 3.15. The average molecular weight is 323 g/mol. The van der Waals surface area contributed by atoms with Gasteiger partial charge in [-0.3, -0.25) is 4.79 Å². The van der Waals surface area contributed by atoms with Gasteiger partial charge in [-0.05, 0) is 23.8 Å². The Bertz CT molecular complexity index is 673. The first-order valence-corrected chi connectivity index (χ1v) is 7.22. The molecule has 0 spiro atoms. The van der Waals surface area contributed by atoms with Gasteiger partial charge in [0.2, 0.25) is 0 Å². The molecule has 108 valence electrons. The minimum atomic E-state index is -1.12. The van der Waals surface area contributed by atoms with E-state index >= 15 is 0 Å². The van der Waals surface area contributed by atoms with Crippen LogP contribution in [-0.4, -0.2) is 22.2 Å². The molecule has 0 bridgehead atoms. The topological polar surface area (TPSA) is 74.6 Å². The van der Waals surface area contributed by atoms with Crippen LogP contribution in [0, 0.1) is 0 Å². The zero-order valence-corrected chi connectivity index (χ0v) is 12.3. The largest absolute Gasteiger partial charge is 0.480 e. The maximum Gasteiger partial charge on any atom is 0.336 e. The number of rotatable bonds is 5. The van der Waals surface area contributed by atoms with Gasteiger partial charge in [0.25, 0.3) is 0 Å². The quantitative estimate of drug-likeness (QED) is 0.815. The Morgan fingerprint density at radius 3 is 2.29 bits per heavy atom. The minimum absolute atomic E-state index is 0.0339. The van der Waals surface area contributed by atoms with Gasteiger partial charge in [0.1, 0.15) is 5.25 Å². The molecule has 0 heterocycles. The smallest absolute Gasteiger partial charge is 0.336 e. The van der Waals surface area contributed by atoms with Crippen LogP contribution in [0.3, 0.4) is 0 Å². The molecule has 4 nitrogen and oxygen atoms in total. The van der Waals surface area contributed by atoms with Gasteiger partial charge >= 0.3 is 11.9 Å². The fraction of sp³-hybridized carbons (Fsp3) is 0.0667. The lowest BCUT2D eigenvalue weighted by Crippen LogP contribution is -2.09. The third kappa shape index (κ3) is 3.77. The van der Waals surface area contributed by atoms with Crippen molar-refractivity contribution in [1.29, 1.82) is 0 Å². The highest BCUT2D eigenvalue weighted by molar-refractivity contribution is 8.00. The van der Waals surface area contributed by atoms with Crippen LogP contribution in [0.25, 0.3) is 0 Å². The van der Waals surface area contributed by atoms with E-state index < -0.39 is 17.2 Å². The van der Waals surface area contributed by atoms with E-state index in [9.17, 15) is 19.8 Å². The number of aromatic carboxylic acids is 1. The summed E-state index contributed by atoms with van der Waals surface area (Å²) in [6.45, 7) is 0. The molecule has 21 heavy (non-hydrogen) atoms. The molecular formula is C15H11ClO4S. The zero-order chi connectivity index (χ0) is 15.4.